The van der Waals surface area contributed by atoms with E-state index in [1.165, 1.54) is 12.4 Å². The number of piperidine rings is 1. The Balaban J connectivity index is 1.57. The van der Waals surface area contributed by atoms with Crippen molar-refractivity contribution in [1.29, 1.82) is 0 Å². The van der Waals surface area contributed by atoms with Crippen molar-refractivity contribution in [3.63, 3.8) is 0 Å². The molecule has 0 saturated carbocycles. The molecule has 140 valence electrons. The zero-order valence-electron chi connectivity index (χ0n) is 15.8. The third-order valence-corrected chi connectivity index (χ3v) is 5.67. The van der Waals surface area contributed by atoms with Gasteiger partial charge in [0.2, 0.25) is 0 Å². The summed E-state index contributed by atoms with van der Waals surface area (Å²) in [6, 6.07) is 6.06. The van der Waals surface area contributed by atoms with Crippen molar-refractivity contribution in [1.82, 2.24) is 19.8 Å². The Hall–Kier alpha value is -2.76. The molecule has 2 aromatic rings. The average molecular weight is 364 g/mol. The van der Waals surface area contributed by atoms with Gasteiger partial charge in [-0.15, -0.1) is 0 Å². The second-order valence-electron chi connectivity index (χ2n) is 7.67. The number of carbonyl (C=O) groups excluding carboxylic acids is 2. The van der Waals surface area contributed by atoms with Gasteiger partial charge in [0.1, 0.15) is 5.69 Å². The number of aromatic nitrogens is 2. The topological polar surface area (TPSA) is 66.4 Å². The van der Waals surface area contributed by atoms with E-state index in [4.69, 9.17) is 0 Å². The maximum Gasteiger partial charge on any atom is 0.274 e. The first-order valence-electron chi connectivity index (χ1n) is 9.46. The van der Waals surface area contributed by atoms with Gasteiger partial charge >= 0.3 is 0 Å². The van der Waals surface area contributed by atoms with Crippen LogP contribution in [0.5, 0.6) is 0 Å². The molecule has 2 bridgehead atoms. The molecule has 3 aliphatic heterocycles. The summed E-state index contributed by atoms with van der Waals surface area (Å²) in [6.45, 7) is 5.92. The highest BCUT2D eigenvalue weighted by Crippen LogP contribution is 2.30. The Kier molecular flexibility index (Phi) is 4.64. The molecule has 0 unspecified atom stereocenters. The van der Waals surface area contributed by atoms with Crippen molar-refractivity contribution in [3.05, 3.63) is 59.2 Å². The molecule has 0 N–H and O–H groups in total. The third-order valence-electron chi connectivity index (χ3n) is 5.67. The van der Waals surface area contributed by atoms with E-state index in [1.807, 2.05) is 41.8 Å². The van der Waals surface area contributed by atoms with Gasteiger partial charge in [-0.25, -0.2) is 4.98 Å². The largest absolute Gasteiger partial charge is 0.335 e. The van der Waals surface area contributed by atoms with Gasteiger partial charge in [-0.3, -0.25) is 14.6 Å². The Morgan fingerprint density at radius 3 is 2.67 bits per heavy atom. The number of amides is 2. The average Bonchev–Trinajstić information content (AvgIpc) is 3.01. The number of carbonyl (C=O) groups is 2. The molecule has 3 fully saturated rings. The molecule has 0 radical (unpaired) electrons. The summed E-state index contributed by atoms with van der Waals surface area (Å²) in [5.74, 6) is 0.291. The van der Waals surface area contributed by atoms with E-state index in [2.05, 4.69) is 9.97 Å². The van der Waals surface area contributed by atoms with Crippen molar-refractivity contribution < 1.29 is 9.59 Å². The molecular weight excluding hydrogens is 340 g/mol. The van der Waals surface area contributed by atoms with Crippen LogP contribution in [-0.4, -0.2) is 57.3 Å². The second kappa shape index (κ2) is 7.10. The molecule has 2 atom stereocenters. The third kappa shape index (κ3) is 3.44. The zero-order valence-corrected chi connectivity index (χ0v) is 15.8. The quantitative estimate of drug-likeness (QED) is 0.821. The van der Waals surface area contributed by atoms with Gasteiger partial charge in [-0.2, -0.15) is 0 Å². The summed E-state index contributed by atoms with van der Waals surface area (Å²) in [7, 11) is 0. The number of aryl methyl sites for hydroxylation is 2. The lowest BCUT2D eigenvalue weighted by molar-refractivity contribution is 0.0573. The fourth-order valence-electron chi connectivity index (χ4n) is 4.19. The van der Waals surface area contributed by atoms with Crippen LogP contribution in [-0.2, 0) is 0 Å². The standard InChI is InChI=1S/C21H24N4O2/c1-14-3-4-15(2)18(9-14)20(26)25-12-16-5-6-17(25)13-24(11-16)21(27)19-10-22-7-8-23-19/h3-4,7-10,16-17H,5-6,11-13H2,1-2H3/t16-,17+/m0/s1. The van der Waals surface area contributed by atoms with Crippen LogP contribution in [0.1, 0.15) is 44.8 Å². The molecule has 27 heavy (non-hydrogen) atoms. The van der Waals surface area contributed by atoms with Crippen LogP contribution >= 0.6 is 0 Å². The Morgan fingerprint density at radius 2 is 1.89 bits per heavy atom. The highest BCUT2D eigenvalue weighted by molar-refractivity contribution is 5.96. The first-order valence-corrected chi connectivity index (χ1v) is 9.46. The Morgan fingerprint density at radius 1 is 1.04 bits per heavy atom. The fourth-order valence-corrected chi connectivity index (χ4v) is 4.19. The normalized spacial score (nSPS) is 21.9. The Labute approximate surface area is 159 Å². The number of hydrogen-bond donors (Lipinski definition) is 0. The maximum atomic E-state index is 13.3. The molecule has 1 aromatic heterocycles. The van der Waals surface area contributed by atoms with Crippen molar-refractivity contribution in [3.8, 4) is 0 Å². The summed E-state index contributed by atoms with van der Waals surface area (Å²) in [4.78, 5) is 38.1. The van der Waals surface area contributed by atoms with E-state index < -0.39 is 0 Å². The lowest BCUT2D eigenvalue weighted by Crippen LogP contribution is -2.48. The van der Waals surface area contributed by atoms with Crippen molar-refractivity contribution in [2.75, 3.05) is 19.6 Å². The molecule has 4 heterocycles. The predicted molar refractivity (Wildman–Crippen MR) is 101 cm³/mol. The molecule has 6 heteroatoms. The minimum absolute atomic E-state index is 0.0526. The van der Waals surface area contributed by atoms with E-state index >= 15 is 0 Å². The van der Waals surface area contributed by atoms with Crippen molar-refractivity contribution >= 4 is 11.8 Å². The van der Waals surface area contributed by atoms with Gasteiger partial charge in [-0.05, 0) is 44.2 Å². The fraction of sp³-hybridized carbons (Fsp3) is 0.429. The second-order valence-corrected chi connectivity index (χ2v) is 7.67. The van der Waals surface area contributed by atoms with Crippen molar-refractivity contribution in [2.24, 2.45) is 5.92 Å². The highest BCUT2D eigenvalue weighted by Gasteiger charge is 2.39. The van der Waals surface area contributed by atoms with E-state index in [0.717, 1.165) is 29.5 Å². The summed E-state index contributed by atoms with van der Waals surface area (Å²) in [5, 5.41) is 0. The minimum Gasteiger partial charge on any atom is -0.335 e. The van der Waals surface area contributed by atoms with Crippen molar-refractivity contribution in [2.45, 2.75) is 32.7 Å². The number of fused-ring (bicyclic) bond motifs is 4. The monoisotopic (exact) mass is 364 g/mol. The van der Waals surface area contributed by atoms with Gasteiger partial charge in [0.05, 0.1) is 6.20 Å². The van der Waals surface area contributed by atoms with Crippen LogP contribution in [0.25, 0.3) is 0 Å². The zero-order chi connectivity index (χ0) is 19.0. The molecule has 3 saturated heterocycles. The van der Waals surface area contributed by atoms with Gasteiger partial charge in [-0.1, -0.05) is 17.7 Å². The molecule has 6 nitrogen and oxygen atoms in total. The summed E-state index contributed by atoms with van der Waals surface area (Å²) in [6.07, 6.45) is 6.59. The number of benzene rings is 1. The first-order chi connectivity index (χ1) is 13.0. The predicted octanol–water partition coefficient (Wildman–Crippen LogP) is 2.47. The van der Waals surface area contributed by atoms with Gasteiger partial charge < -0.3 is 9.80 Å². The number of hydrogen-bond acceptors (Lipinski definition) is 4. The highest BCUT2D eigenvalue weighted by atomic mass is 16.2. The van der Waals surface area contributed by atoms with Gasteiger partial charge in [0.15, 0.2) is 0 Å². The number of rotatable bonds is 2. The molecular formula is C21H24N4O2. The number of nitrogens with zero attached hydrogens (tertiary/aromatic N) is 4. The van der Waals surface area contributed by atoms with E-state index in [1.54, 1.807) is 6.20 Å². The summed E-state index contributed by atoms with van der Waals surface area (Å²) in [5.41, 5.74) is 3.22. The minimum atomic E-state index is -0.0963. The lowest BCUT2D eigenvalue weighted by Gasteiger charge is -2.36. The molecule has 1 aromatic carbocycles. The molecule has 0 aliphatic carbocycles. The van der Waals surface area contributed by atoms with Crippen LogP contribution in [0, 0.1) is 19.8 Å². The molecule has 5 rings (SSSR count). The van der Waals surface area contributed by atoms with Crippen LogP contribution in [0.15, 0.2) is 36.8 Å². The van der Waals surface area contributed by atoms with Crippen LogP contribution in [0.2, 0.25) is 0 Å². The van der Waals surface area contributed by atoms with Gasteiger partial charge in [0.25, 0.3) is 11.8 Å². The van der Waals surface area contributed by atoms with Crippen LogP contribution in [0.4, 0.5) is 0 Å². The van der Waals surface area contributed by atoms with E-state index in [0.29, 0.717) is 31.2 Å². The van der Waals surface area contributed by atoms with E-state index in [9.17, 15) is 9.59 Å². The summed E-state index contributed by atoms with van der Waals surface area (Å²) >= 11 is 0. The van der Waals surface area contributed by atoms with Crippen LogP contribution in [0.3, 0.4) is 0 Å². The summed E-state index contributed by atoms with van der Waals surface area (Å²) < 4.78 is 0. The van der Waals surface area contributed by atoms with E-state index in [-0.39, 0.29) is 17.9 Å². The smallest absolute Gasteiger partial charge is 0.274 e. The molecule has 2 amide bonds. The molecule has 3 aliphatic rings. The Bertz CT molecular complexity index is 868. The SMILES string of the molecule is Cc1ccc(C)c(C(=O)N2C[C@H]3CC[C@@H]2CN(C(=O)c2cnccn2)C3)c1. The maximum absolute atomic E-state index is 13.3. The molecule has 0 spiro atoms. The lowest BCUT2D eigenvalue weighted by atomic mass is 9.93. The first kappa shape index (κ1) is 17.6. The van der Waals surface area contributed by atoms with Crippen LogP contribution < -0.4 is 0 Å². The van der Waals surface area contributed by atoms with Gasteiger partial charge in [0, 0.05) is 43.6 Å².